The molecule has 0 aliphatic rings. The Kier molecular flexibility index (Phi) is 15.9. The van der Waals surface area contributed by atoms with Crippen molar-refractivity contribution in [2.75, 3.05) is 39.8 Å². The van der Waals surface area contributed by atoms with E-state index in [-0.39, 0.29) is 24.0 Å². The van der Waals surface area contributed by atoms with Gasteiger partial charge in [-0.25, -0.2) is 0 Å². The first-order chi connectivity index (χ1) is 10.0. The molecule has 134 valence electrons. The van der Waals surface area contributed by atoms with E-state index in [9.17, 15) is 5.11 Å². The van der Waals surface area contributed by atoms with E-state index in [0.717, 1.165) is 57.8 Å². The fourth-order valence-corrected chi connectivity index (χ4v) is 2.31. The molecule has 6 heteroatoms. The zero-order valence-corrected chi connectivity index (χ0v) is 17.4. The number of nitrogens with one attached hydrogen (secondary N) is 2. The van der Waals surface area contributed by atoms with E-state index in [1.54, 1.807) is 0 Å². The molecule has 0 unspecified atom stereocenters. The van der Waals surface area contributed by atoms with E-state index in [0.29, 0.717) is 6.54 Å². The standard InChI is InChI=1S/C16H36N4O.HI/c1-6-10-16(21,11-7-2)14-19-15(17-8-3)18-12-13-20(5)9-4;/h21H,6-14H2,1-5H3,(H2,17,18,19);1H. The van der Waals surface area contributed by atoms with Gasteiger partial charge in [0, 0.05) is 19.6 Å². The third-order valence-electron chi connectivity index (χ3n) is 3.63. The average molecular weight is 428 g/mol. The molecule has 0 aliphatic carbocycles. The predicted octanol–water partition coefficient (Wildman–Crippen LogP) is 2.44. The van der Waals surface area contributed by atoms with Gasteiger partial charge in [0.05, 0.1) is 12.1 Å². The van der Waals surface area contributed by atoms with Gasteiger partial charge in [-0.2, -0.15) is 0 Å². The molecule has 0 aromatic rings. The number of guanidine groups is 1. The first-order valence-corrected chi connectivity index (χ1v) is 8.44. The molecule has 0 atom stereocenters. The Bertz CT molecular complexity index is 281. The summed E-state index contributed by atoms with van der Waals surface area (Å²) in [6.45, 7) is 12.6. The highest BCUT2D eigenvalue weighted by atomic mass is 127. The van der Waals surface area contributed by atoms with Crippen LogP contribution in [0.2, 0.25) is 0 Å². The Balaban J connectivity index is 0. The van der Waals surface area contributed by atoms with Crippen molar-refractivity contribution in [1.82, 2.24) is 15.5 Å². The van der Waals surface area contributed by atoms with Crippen LogP contribution in [0.5, 0.6) is 0 Å². The minimum absolute atomic E-state index is 0. The molecule has 5 nitrogen and oxygen atoms in total. The van der Waals surface area contributed by atoms with Crippen LogP contribution >= 0.6 is 24.0 Å². The van der Waals surface area contributed by atoms with Crippen LogP contribution in [0.25, 0.3) is 0 Å². The summed E-state index contributed by atoms with van der Waals surface area (Å²) >= 11 is 0. The highest BCUT2D eigenvalue weighted by molar-refractivity contribution is 14.0. The van der Waals surface area contributed by atoms with E-state index in [1.165, 1.54) is 0 Å². The van der Waals surface area contributed by atoms with Crippen molar-refractivity contribution < 1.29 is 5.11 Å². The van der Waals surface area contributed by atoms with Crippen LogP contribution in [0.3, 0.4) is 0 Å². The lowest BCUT2D eigenvalue weighted by Gasteiger charge is -2.26. The van der Waals surface area contributed by atoms with Gasteiger partial charge in [-0.05, 0) is 33.4 Å². The van der Waals surface area contributed by atoms with Crippen LogP contribution in [-0.2, 0) is 0 Å². The smallest absolute Gasteiger partial charge is 0.191 e. The van der Waals surface area contributed by atoms with Crippen molar-refractivity contribution in [2.24, 2.45) is 4.99 Å². The fourth-order valence-electron chi connectivity index (χ4n) is 2.31. The van der Waals surface area contributed by atoms with Crippen molar-refractivity contribution >= 4 is 29.9 Å². The number of hydrogen-bond acceptors (Lipinski definition) is 3. The van der Waals surface area contributed by atoms with Crippen molar-refractivity contribution in [3.63, 3.8) is 0 Å². The summed E-state index contributed by atoms with van der Waals surface area (Å²) in [6.07, 6.45) is 3.58. The van der Waals surface area contributed by atoms with E-state index in [1.807, 2.05) is 0 Å². The number of aliphatic imine (C=N–C) groups is 1. The van der Waals surface area contributed by atoms with Gasteiger partial charge in [0.2, 0.25) is 0 Å². The number of nitrogens with zero attached hydrogens (tertiary/aromatic N) is 2. The quantitative estimate of drug-likeness (QED) is 0.269. The molecular formula is C16H37IN4O. The molecule has 0 heterocycles. The van der Waals surface area contributed by atoms with Crippen molar-refractivity contribution in [2.45, 2.75) is 59.0 Å². The van der Waals surface area contributed by atoms with Crippen molar-refractivity contribution in [3.05, 3.63) is 0 Å². The SMILES string of the molecule is CCCC(O)(CCC)CN=C(NCC)NCCN(C)CC.I. The second kappa shape index (κ2) is 14.5. The highest BCUT2D eigenvalue weighted by Gasteiger charge is 2.24. The second-order valence-corrected chi connectivity index (χ2v) is 5.74. The Hall–Kier alpha value is -0.0800. The van der Waals surface area contributed by atoms with E-state index in [2.05, 4.69) is 55.3 Å². The minimum atomic E-state index is -0.661. The Labute approximate surface area is 154 Å². The van der Waals surface area contributed by atoms with Gasteiger partial charge in [-0.3, -0.25) is 4.99 Å². The summed E-state index contributed by atoms with van der Waals surface area (Å²) < 4.78 is 0. The van der Waals surface area contributed by atoms with Gasteiger partial charge in [-0.1, -0.05) is 33.6 Å². The molecule has 0 rings (SSSR count). The molecule has 0 aromatic carbocycles. The van der Waals surface area contributed by atoms with Crippen molar-refractivity contribution in [3.8, 4) is 0 Å². The molecule has 0 fully saturated rings. The summed E-state index contributed by atoms with van der Waals surface area (Å²) in [5.74, 6) is 0.799. The van der Waals surface area contributed by atoms with Crippen LogP contribution in [-0.4, -0.2) is 61.3 Å². The topological polar surface area (TPSA) is 59.9 Å². The normalized spacial score (nSPS) is 12.2. The summed E-state index contributed by atoms with van der Waals surface area (Å²) in [5, 5.41) is 17.2. The first kappa shape index (κ1) is 24.2. The van der Waals surface area contributed by atoms with E-state index in [4.69, 9.17) is 0 Å². The maximum Gasteiger partial charge on any atom is 0.191 e. The molecule has 0 amide bonds. The molecule has 0 saturated carbocycles. The van der Waals surface area contributed by atoms with Gasteiger partial charge in [0.15, 0.2) is 5.96 Å². The fraction of sp³-hybridized carbons (Fsp3) is 0.938. The second-order valence-electron chi connectivity index (χ2n) is 5.74. The molecule has 0 radical (unpaired) electrons. The average Bonchev–Trinajstić information content (AvgIpc) is 2.45. The predicted molar refractivity (Wildman–Crippen MR) is 107 cm³/mol. The van der Waals surface area contributed by atoms with Gasteiger partial charge in [-0.15, -0.1) is 24.0 Å². The van der Waals surface area contributed by atoms with Crippen LogP contribution in [0.1, 0.15) is 53.4 Å². The molecule has 22 heavy (non-hydrogen) atoms. The number of halogens is 1. The maximum absolute atomic E-state index is 10.6. The van der Waals surface area contributed by atoms with Gasteiger partial charge in [0.1, 0.15) is 0 Å². The lowest BCUT2D eigenvalue weighted by molar-refractivity contribution is 0.0306. The summed E-state index contributed by atoms with van der Waals surface area (Å²) in [6, 6.07) is 0. The van der Waals surface area contributed by atoms with Gasteiger partial charge in [0.25, 0.3) is 0 Å². The first-order valence-electron chi connectivity index (χ1n) is 8.44. The summed E-state index contributed by atoms with van der Waals surface area (Å²) in [4.78, 5) is 6.82. The number of aliphatic hydroxyl groups is 1. The van der Waals surface area contributed by atoms with Crippen LogP contribution in [0, 0.1) is 0 Å². The Morgan fingerprint density at radius 2 is 1.68 bits per heavy atom. The molecule has 0 aromatic heterocycles. The molecule has 0 saturated heterocycles. The molecule has 3 N–H and O–H groups in total. The molecule has 0 aliphatic heterocycles. The van der Waals surface area contributed by atoms with Crippen molar-refractivity contribution in [1.29, 1.82) is 0 Å². The molecular weight excluding hydrogens is 391 g/mol. The summed E-state index contributed by atoms with van der Waals surface area (Å²) in [5.41, 5.74) is -0.661. The number of likely N-dealkylation sites (N-methyl/N-ethyl adjacent to an activating group) is 1. The lowest BCUT2D eigenvalue weighted by atomic mass is 9.93. The Morgan fingerprint density at radius 3 is 2.14 bits per heavy atom. The number of hydrogen-bond donors (Lipinski definition) is 3. The zero-order chi connectivity index (χ0) is 16.1. The van der Waals surface area contributed by atoms with Gasteiger partial charge >= 0.3 is 0 Å². The zero-order valence-electron chi connectivity index (χ0n) is 15.1. The van der Waals surface area contributed by atoms with Crippen LogP contribution in [0.4, 0.5) is 0 Å². The van der Waals surface area contributed by atoms with E-state index >= 15 is 0 Å². The third kappa shape index (κ3) is 11.5. The molecule has 0 spiro atoms. The minimum Gasteiger partial charge on any atom is -0.388 e. The maximum atomic E-state index is 10.6. The third-order valence-corrected chi connectivity index (χ3v) is 3.63. The number of rotatable bonds is 11. The van der Waals surface area contributed by atoms with Crippen LogP contribution in [0.15, 0.2) is 4.99 Å². The van der Waals surface area contributed by atoms with Gasteiger partial charge < -0.3 is 20.6 Å². The van der Waals surface area contributed by atoms with Crippen LogP contribution < -0.4 is 10.6 Å². The molecule has 0 bridgehead atoms. The Morgan fingerprint density at radius 1 is 1.09 bits per heavy atom. The van der Waals surface area contributed by atoms with E-state index < -0.39 is 5.60 Å². The lowest BCUT2D eigenvalue weighted by Crippen LogP contribution is -2.42. The summed E-state index contributed by atoms with van der Waals surface area (Å²) in [7, 11) is 2.10. The largest absolute Gasteiger partial charge is 0.388 e. The monoisotopic (exact) mass is 428 g/mol. The highest BCUT2D eigenvalue weighted by Crippen LogP contribution is 2.19.